The summed E-state index contributed by atoms with van der Waals surface area (Å²) in [6.07, 6.45) is 1.80. The fourth-order valence-corrected chi connectivity index (χ4v) is 3.58. The number of anilines is 1. The molecule has 1 aliphatic heterocycles. The van der Waals surface area contributed by atoms with Crippen LogP contribution in [-0.4, -0.2) is 43.9 Å². The van der Waals surface area contributed by atoms with Gasteiger partial charge in [0.1, 0.15) is 0 Å². The number of hydrogen-bond donors (Lipinski definition) is 2. The van der Waals surface area contributed by atoms with Gasteiger partial charge >= 0.3 is 10.2 Å². The summed E-state index contributed by atoms with van der Waals surface area (Å²) in [5, 5.41) is 11.5. The molecule has 0 radical (unpaired) electrons. The first kappa shape index (κ1) is 14.6. The minimum atomic E-state index is -3.47. The molecule has 8 heteroatoms. The molecule has 0 spiro atoms. The Balaban J connectivity index is 2.22. The minimum absolute atomic E-state index is 0.0124. The average Bonchev–Trinajstić information content (AvgIpc) is 3.00. The molecule has 1 saturated heterocycles. The van der Waals surface area contributed by atoms with Crippen LogP contribution in [0.2, 0.25) is 0 Å². The largest absolute Gasteiger partial charge is 0.409 e. The van der Waals surface area contributed by atoms with Gasteiger partial charge in [0.25, 0.3) is 0 Å². The van der Waals surface area contributed by atoms with Gasteiger partial charge in [0, 0.05) is 25.7 Å². The summed E-state index contributed by atoms with van der Waals surface area (Å²) in [5.74, 6) is -0.0124. The summed E-state index contributed by atoms with van der Waals surface area (Å²) in [6, 6.07) is 6.47. The first-order valence-corrected chi connectivity index (χ1v) is 7.68. The molecule has 0 saturated carbocycles. The SMILES string of the molecule is CN(c1ccc(C(N)=NO)cc1)S(=O)(=O)N1CCCC1. The number of hydrogen-bond acceptors (Lipinski definition) is 4. The number of oxime groups is 1. The van der Waals surface area contributed by atoms with E-state index >= 15 is 0 Å². The average molecular weight is 298 g/mol. The van der Waals surface area contributed by atoms with Crippen molar-refractivity contribution in [3.8, 4) is 0 Å². The number of nitrogens with two attached hydrogens (primary N) is 1. The number of benzene rings is 1. The lowest BCUT2D eigenvalue weighted by molar-refractivity contribution is 0.318. The van der Waals surface area contributed by atoms with E-state index in [2.05, 4.69) is 5.16 Å². The van der Waals surface area contributed by atoms with Gasteiger partial charge in [-0.2, -0.15) is 12.7 Å². The summed E-state index contributed by atoms with van der Waals surface area (Å²) in [6.45, 7) is 1.13. The van der Waals surface area contributed by atoms with Gasteiger partial charge in [-0.15, -0.1) is 0 Å². The molecule has 1 heterocycles. The van der Waals surface area contributed by atoms with Crippen LogP contribution in [0.1, 0.15) is 18.4 Å². The lowest BCUT2D eigenvalue weighted by Gasteiger charge is -2.25. The van der Waals surface area contributed by atoms with Crippen molar-refractivity contribution in [3.05, 3.63) is 29.8 Å². The minimum Gasteiger partial charge on any atom is -0.409 e. The van der Waals surface area contributed by atoms with Crippen LogP contribution in [0.4, 0.5) is 5.69 Å². The van der Waals surface area contributed by atoms with Crippen LogP contribution in [0.25, 0.3) is 0 Å². The molecule has 0 unspecified atom stereocenters. The van der Waals surface area contributed by atoms with E-state index in [1.807, 2.05) is 0 Å². The van der Waals surface area contributed by atoms with Crippen molar-refractivity contribution >= 4 is 21.7 Å². The molecule has 1 aromatic rings. The van der Waals surface area contributed by atoms with Crippen molar-refractivity contribution in [1.82, 2.24) is 4.31 Å². The highest BCUT2D eigenvalue weighted by atomic mass is 32.2. The molecule has 0 bridgehead atoms. The van der Waals surface area contributed by atoms with Crippen LogP contribution in [0.5, 0.6) is 0 Å². The van der Waals surface area contributed by atoms with E-state index in [1.165, 1.54) is 15.7 Å². The van der Waals surface area contributed by atoms with E-state index in [-0.39, 0.29) is 5.84 Å². The first-order valence-electron chi connectivity index (χ1n) is 6.29. The fraction of sp³-hybridized carbons (Fsp3) is 0.417. The second-order valence-electron chi connectivity index (χ2n) is 4.61. The lowest BCUT2D eigenvalue weighted by atomic mass is 10.2. The predicted octanol–water partition coefficient (Wildman–Crippen LogP) is 0.558. The standard InChI is InChI=1S/C12H18N4O3S/c1-15(20(18,19)16-8-2-3-9-16)11-6-4-10(5-7-11)12(13)14-17/h4-7,17H,2-3,8-9H2,1H3,(H2,13,14). The summed E-state index contributed by atoms with van der Waals surface area (Å²) >= 11 is 0. The van der Waals surface area contributed by atoms with Gasteiger partial charge in [-0.1, -0.05) is 5.16 Å². The van der Waals surface area contributed by atoms with Crippen molar-refractivity contribution < 1.29 is 13.6 Å². The highest BCUT2D eigenvalue weighted by Crippen LogP contribution is 2.22. The van der Waals surface area contributed by atoms with E-state index in [0.717, 1.165) is 12.8 Å². The molecule has 1 aromatic carbocycles. The fourth-order valence-electron chi connectivity index (χ4n) is 2.13. The van der Waals surface area contributed by atoms with E-state index in [4.69, 9.17) is 10.9 Å². The Hall–Kier alpha value is -1.80. The maximum atomic E-state index is 12.4. The maximum Gasteiger partial charge on any atom is 0.303 e. The van der Waals surface area contributed by atoms with Crippen molar-refractivity contribution in [2.24, 2.45) is 10.9 Å². The van der Waals surface area contributed by atoms with E-state index in [0.29, 0.717) is 24.3 Å². The number of amidine groups is 1. The van der Waals surface area contributed by atoms with Gasteiger partial charge in [-0.3, -0.25) is 4.31 Å². The zero-order chi connectivity index (χ0) is 14.8. The third-order valence-corrected chi connectivity index (χ3v) is 5.29. The van der Waals surface area contributed by atoms with Gasteiger partial charge in [0.2, 0.25) is 0 Å². The van der Waals surface area contributed by atoms with Crippen molar-refractivity contribution in [1.29, 1.82) is 0 Å². The van der Waals surface area contributed by atoms with Crippen LogP contribution >= 0.6 is 0 Å². The smallest absolute Gasteiger partial charge is 0.303 e. The molecule has 1 aliphatic rings. The van der Waals surface area contributed by atoms with E-state index in [9.17, 15) is 8.42 Å². The second kappa shape index (κ2) is 5.68. The molecule has 110 valence electrons. The number of rotatable bonds is 4. The van der Waals surface area contributed by atoms with Crippen LogP contribution < -0.4 is 10.0 Å². The monoisotopic (exact) mass is 298 g/mol. The first-order chi connectivity index (χ1) is 9.46. The quantitative estimate of drug-likeness (QED) is 0.367. The molecule has 3 N–H and O–H groups in total. The Morgan fingerprint density at radius 3 is 2.35 bits per heavy atom. The summed E-state index contributed by atoms with van der Waals surface area (Å²) in [4.78, 5) is 0. The van der Waals surface area contributed by atoms with Gasteiger partial charge in [0.05, 0.1) is 5.69 Å². The molecule has 0 atom stereocenters. The van der Waals surface area contributed by atoms with Crippen LogP contribution in [0, 0.1) is 0 Å². The molecule has 0 aliphatic carbocycles. The van der Waals surface area contributed by atoms with Gasteiger partial charge in [-0.05, 0) is 37.1 Å². The Kier molecular flexibility index (Phi) is 4.15. The third kappa shape index (κ3) is 2.70. The zero-order valence-electron chi connectivity index (χ0n) is 11.2. The summed E-state index contributed by atoms with van der Waals surface area (Å²) in [7, 11) is -1.95. The second-order valence-corrected chi connectivity index (χ2v) is 6.57. The molecule has 0 aromatic heterocycles. The summed E-state index contributed by atoms with van der Waals surface area (Å²) in [5.41, 5.74) is 6.53. The topological polar surface area (TPSA) is 99.2 Å². The maximum absolute atomic E-state index is 12.4. The highest BCUT2D eigenvalue weighted by molar-refractivity contribution is 7.90. The Morgan fingerprint density at radius 2 is 1.85 bits per heavy atom. The van der Waals surface area contributed by atoms with Gasteiger partial charge < -0.3 is 10.9 Å². The Morgan fingerprint density at radius 1 is 1.30 bits per heavy atom. The van der Waals surface area contributed by atoms with Gasteiger partial charge in [-0.25, -0.2) is 0 Å². The molecular weight excluding hydrogens is 280 g/mol. The van der Waals surface area contributed by atoms with Gasteiger partial charge in [0.15, 0.2) is 5.84 Å². The molecule has 1 fully saturated rings. The molecule has 20 heavy (non-hydrogen) atoms. The molecular formula is C12H18N4O3S. The predicted molar refractivity (Wildman–Crippen MR) is 77.1 cm³/mol. The van der Waals surface area contributed by atoms with E-state index < -0.39 is 10.2 Å². The lowest BCUT2D eigenvalue weighted by Crippen LogP contribution is -2.40. The number of nitrogens with zero attached hydrogens (tertiary/aromatic N) is 3. The van der Waals surface area contributed by atoms with Crippen molar-refractivity contribution in [2.45, 2.75) is 12.8 Å². The highest BCUT2D eigenvalue weighted by Gasteiger charge is 2.29. The molecule has 0 amide bonds. The molecule has 7 nitrogen and oxygen atoms in total. The Bertz CT molecular complexity index is 592. The summed E-state index contributed by atoms with van der Waals surface area (Å²) < 4.78 is 27.5. The Labute approximate surface area is 118 Å². The van der Waals surface area contributed by atoms with Crippen LogP contribution in [-0.2, 0) is 10.2 Å². The molecule has 2 rings (SSSR count). The van der Waals surface area contributed by atoms with Crippen molar-refractivity contribution in [3.63, 3.8) is 0 Å². The van der Waals surface area contributed by atoms with Crippen molar-refractivity contribution in [2.75, 3.05) is 24.4 Å². The third-order valence-electron chi connectivity index (χ3n) is 3.37. The van der Waals surface area contributed by atoms with Crippen LogP contribution in [0.3, 0.4) is 0 Å². The normalized spacial score (nSPS) is 17.4. The van der Waals surface area contributed by atoms with E-state index in [1.54, 1.807) is 24.3 Å². The van der Waals surface area contributed by atoms with Crippen LogP contribution in [0.15, 0.2) is 29.4 Å². The zero-order valence-corrected chi connectivity index (χ0v) is 12.0.